The van der Waals surface area contributed by atoms with E-state index in [0.29, 0.717) is 19.3 Å². The predicted octanol–water partition coefficient (Wildman–Crippen LogP) is 18.2. The first-order valence-electron chi connectivity index (χ1n) is 27.4. The molecule has 374 valence electrons. The van der Waals surface area contributed by atoms with E-state index >= 15 is 0 Å². The van der Waals surface area contributed by atoms with Crippen LogP contribution in [0, 0.1) is 0 Å². The van der Waals surface area contributed by atoms with Crippen LogP contribution in [0.2, 0.25) is 0 Å². The molecule has 0 rings (SSSR count). The lowest BCUT2D eigenvalue weighted by Crippen LogP contribution is -2.30. The molecule has 6 heteroatoms. The van der Waals surface area contributed by atoms with Crippen LogP contribution in [-0.4, -0.2) is 37.2 Å². The summed E-state index contributed by atoms with van der Waals surface area (Å²) in [6.45, 7) is 6.46. The van der Waals surface area contributed by atoms with Crippen LogP contribution in [0.5, 0.6) is 0 Å². The van der Waals surface area contributed by atoms with Gasteiger partial charge in [-0.2, -0.15) is 0 Å². The van der Waals surface area contributed by atoms with Gasteiger partial charge >= 0.3 is 17.9 Å². The van der Waals surface area contributed by atoms with Crippen LogP contribution < -0.4 is 0 Å². The number of esters is 3. The van der Waals surface area contributed by atoms with Crippen molar-refractivity contribution in [2.45, 2.75) is 271 Å². The average Bonchev–Trinajstić information content (AvgIpc) is 3.30. The molecule has 0 aromatic heterocycles. The molecule has 0 saturated carbocycles. The Bertz CT molecular complexity index is 1230. The molecule has 65 heavy (non-hydrogen) atoms. The topological polar surface area (TPSA) is 78.9 Å². The van der Waals surface area contributed by atoms with Crippen molar-refractivity contribution >= 4 is 17.9 Å². The first-order chi connectivity index (χ1) is 32.0. The van der Waals surface area contributed by atoms with Crippen molar-refractivity contribution in [3.8, 4) is 0 Å². The highest BCUT2D eigenvalue weighted by molar-refractivity contribution is 5.71. The van der Waals surface area contributed by atoms with Gasteiger partial charge in [-0.15, -0.1) is 0 Å². The number of rotatable bonds is 49. The molecule has 0 heterocycles. The molecule has 0 aliphatic rings. The largest absolute Gasteiger partial charge is 0.462 e. The van der Waals surface area contributed by atoms with E-state index in [9.17, 15) is 14.4 Å². The van der Waals surface area contributed by atoms with Gasteiger partial charge in [-0.3, -0.25) is 14.4 Å². The van der Waals surface area contributed by atoms with Gasteiger partial charge in [-0.1, -0.05) is 229 Å². The second-order valence-electron chi connectivity index (χ2n) is 18.1. The van der Waals surface area contributed by atoms with E-state index in [2.05, 4.69) is 93.7 Å². The van der Waals surface area contributed by atoms with Gasteiger partial charge in [0.15, 0.2) is 6.10 Å². The highest BCUT2D eigenvalue weighted by atomic mass is 16.6. The van der Waals surface area contributed by atoms with Crippen molar-refractivity contribution in [2.75, 3.05) is 13.2 Å². The number of hydrogen-bond donors (Lipinski definition) is 0. The van der Waals surface area contributed by atoms with E-state index in [4.69, 9.17) is 14.2 Å². The fraction of sp³-hybridized carbons (Fsp3) is 0.746. The van der Waals surface area contributed by atoms with Crippen LogP contribution in [0.4, 0.5) is 0 Å². The van der Waals surface area contributed by atoms with Crippen LogP contribution in [-0.2, 0) is 28.6 Å². The summed E-state index contributed by atoms with van der Waals surface area (Å²) in [6, 6.07) is 0. The second-order valence-corrected chi connectivity index (χ2v) is 18.1. The summed E-state index contributed by atoms with van der Waals surface area (Å²) in [5, 5.41) is 0. The van der Waals surface area contributed by atoms with E-state index in [-0.39, 0.29) is 31.1 Å². The molecule has 0 aliphatic heterocycles. The molecule has 1 atom stereocenters. The quantitative estimate of drug-likeness (QED) is 0.0262. The number of ether oxygens (including phenoxy) is 3. The Balaban J connectivity index is 4.21. The molecule has 0 aliphatic carbocycles. The van der Waals surface area contributed by atoms with Gasteiger partial charge in [0.25, 0.3) is 0 Å². The maximum Gasteiger partial charge on any atom is 0.306 e. The fourth-order valence-corrected chi connectivity index (χ4v) is 7.58. The Morgan fingerprint density at radius 3 is 0.969 bits per heavy atom. The zero-order chi connectivity index (χ0) is 47.2. The van der Waals surface area contributed by atoms with E-state index < -0.39 is 6.10 Å². The molecule has 0 aromatic carbocycles. The smallest absolute Gasteiger partial charge is 0.306 e. The van der Waals surface area contributed by atoms with E-state index in [1.54, 1.807) is 0 Å². The Kier molecular flexibility index (Phi) is 50.9. The molecule has 6 nitrogen and oxygen atoms in total. The summed E-state index contributed by atoms with van der Waals surface area (Å²) in [6.07, 6.45) is 67.6. The Hall–Kier alpha value is -3.15. The minimum atomic E-state index is -0.778. The van der Waals surface area contributed by atoms with Crippen molar-refractivity contribution in [1.29, 1.82) is 0 Å². The van der Waals surface area contributed by atoms with Gasteiger partial charge in [0, 0.05) is 19.3 Å². The van der Waals surface area contributed by atoms with Crippen LogP contribution in [0.25, 0.3) is 0 Å². The average molecular weight is 907 g/mol. The number of hydrogen-bond acceptors (Lipinski definition) is 6. The molecule has 0 aromatic rings. The third kappa shape index (κ3) is 51.7. The van der Waals surface area contributed by atoms with Crippen LogP contribution >= 0.6 is 0 Å². The lowest BCUT2D eigenvalue weighted by molar-refractivity contribution is -0.167. The third-order valence-electron chi connectivity index (χ3n) is 11.7. The van der Waals surface area contributed by atoms with Crippen molar-refractivity contribution < 1.29 is 28.6 Å². The van der Waals surface area contributed by atoms with Gasteiger partial charge in [-0.05, 0) is 89.9 Å². The van der Waals surface area contributed by atoms with Crippen molar-refractivity contribution in [1.82, 2.24) is 0 Å². The third-order valence-corrected chi connectivity index (χ3v) is 11.7. The molecular weight excluding hydrogens is 805 g/mol. The van der Waals surface area contributed by atoms with Gasteiger partial charge in [0.2, 0.25) is 0 Å². The number of carbonyl (C=O) groups excluding carboxylic acids is 3. The Labute approximate surface area is 402 Å². The fourth-order valence-electron chi connectivity index (χ4n) is 7.58. The summed E-state index contributed by atoms with van der Waals surface area (Å²) in [4.78, 5) is 37.9. The molecule has 0 radical (unpaired) electrons. The summed E-state index contributed by atoms with van der Waals surface area (Å²) >= 11 is 0. The molecule has 0 bridgehead atoms. The SMILES string of the molecule is CC/C=C\C/C=C\C/C=C\C/C=C\CCCCCCCCCCCCC(=O)OCC(COC(=O)CCCCCCCCC)OC(=O)CCCCCCCCC/C=C\C/C=C\CCCCC. The zero-order valence-electron chi connectivity index (χ0n) is 42.7. The second kappa shape index (κ2) is 53.5. The van der Waals surface area contributed by atoms with Crippen LogP contribution in [0.15, 0.2) is 72.9 Å². The molecule has 0 saturated heterocycles. The monoisotopic (exact) mass is 907 g/mol. The van der Waals surface area contributed by atoms with Gasteiger partial charge in [0.05, 0.1) is 0 Å². The van der Waals surface area contributed by atoms with Crippen molar-refractivity contribution in [3.05, 3.63) is 72.9 Å². The number of unbranched alkanes of at least 4 members (excludes halogenated alkanes) is 26. The van der Waals surface area contributed by atoms with E-state index in [1.807, 2.05) is 0 Å². The van der Waals surface area contributed by atoms with E-state index in [1.165, 1.54) is 128 Å². The molecule has 0 fully saturated rings. The Morgan fingerprint density at radius 2 is 0.600 bits per heavy atom. The van der Waals surface area contributed by atoms with Crippen LogP contribution in [0.1, 0.15) is 265 Å². The normalized spacial score (nSPS) is 12.6. The molecule has 1 unspecified atom stereocenters. The van der Waals surface area contributed by atoms with Gasteiger partial charge in [-0.25, -0.2) is 0 Å². The first-order valence-corrected chi connectivity index (χ1v) is 27.4. The summed E-state index contributed by atoms with van der Waals surface area (Å²) < 4.78 is 16.8. The minimum absolute atomic E-state index is 0.0788. The summed E-state index contributed by atoms with van der Waals surface area (Å²) in [5.41, 5.74) is 0. The molecule has 0 amide bonds. The highest BCUT2D eigenvalue weighted by Crippen LogP contribution is 2.15. The predicted molar refractivity (Wildman–Crippen MR) is 279 cm³/mol. The molecular formula is C59H102O6. The highest BCUT2D eigenvalue weighted by Gasteiger charge is 2.19. The lowest BCUT2D eigenvalue weighted by atomic mass is 10.1. The minimum Gasteiger partial charge on any atom is -0.462 e. The lowest BCUT2D eigenvalue weighted by Gasteiger charge is -2.18. The maximum absolute atomic E-state index is 12.8. The summed E-state index contributed by atoms with van der Waals surface area (Å²) in [5.74, 6) is -0.893. The standard InChI is InChI=1S/C59H102O6/c1-4-7-10-13-16-18-20-22-24-26-27-28-29-30-31-33-34-36-38-40-43-46-49-52-58(61)64-55-56(54-63-57(60)51-48-45-42-15-12-9-6-3)65-59(62)53-50-47-44-41-39-37-35-32-25-23-21-19-17-14-11-8-5-2/h7,10,16-19,22-25,27-28,56H,4-6,8-9,11-15,20-21,26,29-55H2,1-3H3/b10-7-,18-16-,19-17-,24-22-,25-23-,28-27-. The summed E-state index contributed by atoms with van der Waals surface area (Å²) in [7, 11) is 0. The van der Waals surface area contributed by atoms with Gasteiger partial charge in [0.1, 0.15) is 13.2 Å². The maximum atomic E-state index is 12.8. The Morgan fingerprint density at radius 1 is 0.323 bits per heavy atom. The molecule has 0 N–H and O–H groups in total. The van der Waals surface area contributed by atoms with Crippen LogP contribution in [0.3, 0.4) is 0 Å². The van der Waals surface area contributed by atoms with Crippen molar-refractivity contribution in [3.63, 3.8) is 0 Å². The number of allylic oxidation sites excluding steroid dienone is 12. The zero-order valence-corrected chi connectivity index (χ0v) is 42.7. The molecule has 0 spiro atoms. The number of carbonyl (C=O) groups is 3. The van der Waals surface area contributed by atoms with E-state index in [0.717, 1.165) is 96.3 Å². The van der Waals surface area contributed by atoms with Crippen molar-refractivity contribution in [2.24, 2.45) is 0 Å². The first kappa shape index (κ1) is 61.9. The van der Waals surface area contributed by atoms with Gasteiger partial charge < -0.3 is 14.2 Å².